The van der Waals surface area contributed by atoms with Gasteiger partial charge in [0.15, 0.2) is 11.6 Å². The van der Waals surface area contributed by atoms with E-state index in [9.17, 15) is 9.59 Å². The smallest absolute Gasteiger partial charge is 0.186 e. The van der Waals surface area contributed by atoms with Gasteiger partial charge in [-0.3, -0.25) is 9.59 Å². The molecule has 36 heavy (non-hydrogen) atoms. The second kappa shape index (κ2) is 24.3. The molecule has 2 aliphatic heterocycles. The number of rotatable bonds is 8. The number of likely N-dealkylation sites (N-methyl/N-ethyl adjacent to an activating group) is 2. The van der Waals surface area contributed by atoms with Crippen molar-refractivity contribution in [1.82, 2.24) is 10.6 Å². The molecule has 0 aromatic heterocycles. The largest absolute Gasteiger partial charge is 0.358 e. The van der Waals surface area contributed by atoms with Gasteiger partial charge in [0.2, 0.25) is 0 Å². The second-order valence-electron chi connectivity index (χ2n) is 9.61. The van der Waals surface area contributed by atoms with E-state index in [2.05, 4.69) is 38.3 Å². The van der Waals surface area contributed by atoms with Gasteiger partial charge in [-0.2, -0.15) is 0 Å². The Morgan fingerprint density at radius 3 is 1.17 bits per heavy atom. The molecular formula is C26H58B2N4O2Y2. The molecule has 206 valence electrons. The third-order valence-electron chi connectivity index (χ3n) is 7.53. The van der Waals surface area contributed by atoms with Crippen molar-refractivity contribution in [3.8, 4) is 0 Å². The maximum Gasteiger partial charge on any atom is 0.186 e. The fraction of sp³-hybridized carbons (Fsp3) is 0.846. The summed E-state index contributed by atoms with van der Waals surface area (Å²) in [6, 6.07) is 1.88. The van der Waals surface area contributed by atoms with Crippen molar-refractivity contribution in [2.45, 2.75) is 117 Å². The van der Waals surface area contributed by atoms with Crippen LogP contribution in [0.2, 0.25) is 11.6 Å². The number of Topliss-reactive ketones (excluding diaryl/α,β-unsaturated/α-hetero) is 2. The topological polar surface area (TPSA) is 67.1 Å². The number of ketones is 2. The van der Waals surface area contributed by atoms with Crippen molar-refractivity contribution in [2.24, 2.45) is 0 Å². The molecule has 0 aliphatic carbocycles. The zero-order valence-corrected chi connectivity index (χ0v) is 29.2. The van der Waals surface area contributed by atoms with Gasteiger partial charge in [-0.1, -0.05) is 14.9 Å². The molecular weight excluding hydrogens is 600 g/mol. The van der Waals surface area contributed by atoms with Gasteiger partial charge < -0.3 is 35.3 Å². The maximum atomic E-state index is 11.5. The summed E-state index contributed by atoms with van der Waals surface area (Å²) >= 11 is 0. The normalized spacial score (nSPS) is 29.2. The first-order valence-electron chi connectivity index (χ1n) is 11.5. The first-order chi connectivity index (χ1) is 13.9. The Labute approximate surface area is 279 Å². The molecule has 0 saturated carbocycles. The summed E-state index contributed by atoms with van der Waals surface area (Å²) in [6.07, 6.45) is 1.68. The van der Waals surface area contributed by atoms with E-state index in [1.54, 1.807) is 13.8 Å². The van der Waals surface area contributed by atoms with Crippen molar-refractivity contribution in [1.29, 1.82) is 0 Å². The van der Waals surface area contributed by atoms with Crippen LogP contribution in [0.3, 0.4) is 0 Å². The second-order valence-corrected chi connectivity index (χ2v) is 9.61. The SMILES string of the molecule is C.C.[B][C@@H]1C[C@H](C(C)=O)[NH+](C(C)C(C)NC)C1.[B][C@H]1C[C@@H](C(C)=O)[NH+](C(C)C(C)NC)C1.[CH3-].[CH3-].[Y].[Y]. The molecule has 2 rings (SSSR count). The van der Waals surface area contributed by atoms with Crippen LogP contribution in [-0.4, -0.2) is 90.7 Å². The van der Waals surface area contributed by atoms with Gasteiger partial charge in [0.1, 0.15) is 24.2 Å². The summed E-state index contributed by atoms with van der Waals surface area (Å²) in [5.74, 6) is 0.905. The van der Waals surface area contributed by atoms with E-state index in [-0.39, 0.29) is 130 Å². The predicted molar refractivity (Wildman–Crippen MR) is 151 cm³/mol. The number of quaternary nitrogens is 2. The van der Waals surface area contributed by atoms with Crippen LogP contribution in [0.4, 0.5) is 0 Å². The van der Waals surface area contributed by atoms with Crippen LogP contribution in [0.15, 0.2) is 0 Å². The fourth-order valence-corrected chi connectivity index (χ4v) is 4.97. The third kappa shape index (κ3) is 14.8. The van der Waals surface area contributed by atoms with Crippen LogP contribution in [0, 0.1) is 14.9 Å². The zero-order chi connectivity index (χ0) is 23.2. The monoisotopic (exact) mass is 658 g/mol. The van der Waals surface area contributed by atoms with E-state index in [1.807, 2.05) is 14.1 Å². The van der Waals surface area contributed by atoms with Crippen LogP contribution in [-0.2, 0) is 75.0 Å². The van der Waals surface area contributed by atoms with Gasteiger partial charge in [0.25, 0.3) is 0 Å². The van der Waals surface area contributed by atoms with E-state index < -0.39 is 0 Å². The Bertz CT molecular complexity index is 530. The van der Waals surface area contributed by atoms with Crippen LogP contribution in [0.25, 0.3) is 0 Å². The molecule has 2 saturated heterocycles. The fourth-order valence-electron chi connectivity index (χ4n) is 4.97. The van der Waals surface area contributed by atoms with Crippen LogP contribution in [0.1, 0.15) is 69.2 Å². The molecule has 6 nitrogen and oxygen atoms in total. The van der Waals surface area contributed by atoms with Gasteiger partial charge in [-0.25, -0.2) is 0 Å². The number of carbonyl (C=O) groups excluding carboxylic acids is 2. The average Bonchev–Trinajstić information content (AvgIpc) is 3.29. The Hall–Kier alpha value is 1.52. The first kappa shape index (κ1) is 50.4. The molecule has 0 bridgehead atoms. The molecule has 0 aromatic rings. The van der Waals surface area contributed by atoms with Crippen molar-refractivity contribution in [2.75, 3.05) is 27.2 Å². The molecule has 2 heterocycles. The van der Waals surface area contributed by atoms with E-state index >= 15 is 0 Å². The van der Waals surface area contributed by atoms with Crippen molar-refractivity contribution in [3.05, 3.63) is 14.9 Å². The van der Waals surface area contributed by atoms with Crippen molar-refractivity contribution in [3.63, 3.8) is 0 Å². The maximum absolute atomic E-state index is 11.5. The molecule has 2 fully saturated rings. The Balaban J connectivity index is -0.000000107. The summed E-state index contributed by atoms with van der Waals surface area (Å²) in [5.41, 5.74) is 0. The average molecular weight is 658 g/mol. The van der Waals surface area contributed by atoms with Gasteiger partial charge in [0.05, 0.1) is 40.9 Å². The molecule has 6 radical (unpaired) electrons. The molecule has 10 atom stereocenters. The number of likely N-dealkylation sites (tertiary alicyclic amines) is 2. The Morgan fingerprint density at radius 1 is 0.722 bits per heavy atom. The molecule has 4 N–H and O–H groups in total. The van der Waals surface area contributed by atoms with E-state index in [0.29, 0.717) is 24.2 Å². The Morgan fingerprint density at radius 2 is 0.972 bits per heavy atom. The minimum absolute atomic E-state index is 0. The van der Waals surface area contributed by atoms with Gasteiger partial charge in [0, 0.05) is 92.1 Å². The van der Waals surface area contributed by atoms with Gasteiger partial charge >= 0.3 is 0 Å². The standard InChI is InChI=1S/2C11H21BN2O.2CH4.2CH3.2Y/c2*1-7(13-4)8(2)14-6-10(12)5-11(14)9(3)15;;;;;;/h2*7-8,10-11,13H,5-6H2,1-4H3;2*1H4;2*1H3;;/q;;;;2*-1;;/p+2/t2*7?,8?,10-,11-;;;;;;/m10....../s1. The number of hydrogen-bond donors (Lipinski definition) is 4. The number of hydrogen-bond acceptors (Lipinski definition) is 4. The number of nitrogens with one attached hydrogen (secondary N) is 4. The van der Waals surface area contributed by atoms with Gasteiger partial charge in [-0.15, -0.1) is 0 Å². The van der Waals surface area contributed by atoms with E-state index in [0.717, 1.165) is 25.9 Å². The van der Waals surface area contributed by atoms with Gasteiger partial charge in [-0.05, 0) is 53.4 Å². The molecule has 0 amide bonds. The quantitative estimate of drug-likeness (QED) is 0.228. The van der Waals surface area contributed by atoms with E-state index in [1.165, 1.54) is 9.80 Å². The first-order valence-corrected chi connectivity index (χ1v) is 11.5. The molecule has 0 spiro atoms. The minimum atomic E-state index is 0. The summed E-state index contributed by atoms with van der Waals surface area (Å²) < 4.78 is 0. The molecule has 10 heteroatoms. The number of carbonyl (C=O) groups is 2. The van der Waals surface area contributed by atoms with Crippen LogP contribution >= 0.6 is 0 Å². The zero-order valence-electron chi connectivity index (χ0n) is 23.6. The molecule has 0 aromatic carbocycles. The molecule has 2 aliphatic rings. The van der Waals surface area contributed by atoms with Crippen molar-refractivity contribution < 1.29 is 84.8 Å². The van der Waals surface area contributed by atoms with E-state index in [4.69, 9.17) is 15.7 Å². The summed E-state index contributed by atoms with van der Waals surface area (Å²) in [5, 5.41) is 6.49. The van der Waals surface area contributed by atoms with Crippen LogP contribution < -0.4 is 20.4 Å². The summed E-state index contributed by atoms with van der Waals surface area (Å²) in [4.78, 5) is 25.7. The third-order valence-corrected chi connectivity index (χ3v) is 7.53. The summed E-state index contributed by atoms with van der Waals surface area (Å²) in [6.45, 7) is 13.9. The predicted octanol–water partition coefficient (Wildman–Crippen LogP) is 0.540. The van der Waals surface area contributed by atoms with Crippen molar-refractivity contribution >= 4 is 27.3 Å². The minimum Gasteiger partial charge on any atom is -0.358 e. The molecule has 6 unspecified atom stereocenters. The summed E-state index contributed by atoms with van der Waals surface area (Å²) in [7, 11) is 15.8. The van der Waals surface area contributed by atoms with Crippen LogP contribution in [0.5, 0.6) is 0 Å². The Kier molecular flexibility index (Phi) is 34.0.